The van der Waals surface area contributed by atoms with Crippen LogP contribution < -0.4 is 10.6 Å². The van der Waals surface area contributed by atoms with Gasteiger partial charge in [-0.3, -0.25) is 0 Å². The molecule has 0 saturated carbocycles. The molecule has 0 heterocycles. The number of nitrogens with one attached hydrogen (secondary N) is 2. The van der Waals surface area contributed by atoms with Crippen LogP contribution in [0.5, 0.6) is 0 Å². The summed E-state index contributed by atoms with van der Waals surface area (Å²) in [5.74, 6) is 1.56. The fraction of sp³-hybridized carbons (Fsp3) is 0.286. The molecule has 4 rings (SSSR count). The van der Waals surface area contributed by atoms with Gasteiger partial charge in [-0.15, -0.1) is 0 Å². The molecule has 3 aromatic rings. The number of aryl methyl sites for hydroxylation is 1. The number of nitrogens with zero attached hydrogens (tertiary/aromatic N) is 1. The van der Waals surface area contributed by atoms with E-state index in [1.54, 1.807) is 0 Å². The molecule has 31 heavy (non-hydrogen) atoms. The zero-order chi connectivity index (χ0) is 21.6. The third-order valence-electron chi connectivity index (χ3n) is 5.96. The van der Waals surface area contributed by atoms with Gasteiger partial charge in [0.15, 0.2) is 0 Å². The predicted molar refractivity (Wildman–Crippen MR) is 133 cm³/mol. The van der Waals surface area contributed by atoms with Gasteiger partial charge in [-0.1, -0.05) is 55.1 Å². The van der Waals surface area contributed by atoms with Crippen molar-refractivity contribution in [2.75, 3.05) is 31.3 Å². The first-order chi connectivity index (χ1) is 15.0. The molecule has 1 atom stereocenters. The van der Waals surface area contributed by atoms with Crippen LogP contribution in [0, 0.1) is 5.92 Å². The Hall–Kier alpha value is -3.04. The predicted octanol–water partition coefficient (Wildman–Crippen LogP) is 5.94. The number of rotatable bonds is 8. The summed E-state index contributed by atoms with van der Waals surface area (Å²) >= 11 is 0. The molecule has 2 N–H and O–H groups in total. The Morgan fingerprint density at radius 1 is 0.871 bits per heavy atom. The number of anilines is 2. The minimum atomic E-state index is 0.766. The minimum absolute atomic E-state index is 0.766. The number of hydrogen-bond acceptors (Lipinski definition) is 3. The SMILES string of the molecule is C=C(Nc1ccc(Cc2ccccc2)cc1)Nc1ccc2c(c1)CCC(CN(C)C)C2. The quantitative estimate of drug-likeness (QED) is 0.480. The standard InChI is InChI=1S/C28H33N3/c1-21(29-27-14-10-23(11-15-27)17-22-7-5-4-6-8-22)30-28-16-13-25-18-24(20-31(2)3)9-12-26(25)19-28/h4-8,10-11,13-16,19,24,29-30H,1,9,12,17-18,20H2,2-3H3. The molecule has 160 valence electrons. The molecule has 0 amide bonds. The summed E-state index contributed by atoms with van der Waals surface area (Å²) < 4.78 is 0. The van der Waals surface area contributed by atoms with Gasteiger partial charge in [-0.2, -0.15) is 0 Å². The lowest BCUT2D eigenvalue weighted by atomic mass is 9.83. The van der Waals surface area contributed by atoms with Crippen LogP contribution in [0.15, 0.2) is 85.2 Å². The molecule has 0 spiro atoms. The normalized spacial score (nSPS) is 15.4. The van der Waals surface area contributed by atoms with Crippen LogP contribution in [-0.4, -0.2) is 25.5 Å². The van der Waals surface area contributed by atoms with Crippen molar-refractivity contribution in [2.45, 2.75) is 25.7 Å². The average Bonchev–Trinajstić information content (AvgIpc) is 2.75. The maximum absolute atomic E-state index is 4.16. The average molecular weight is 412 g/mol. The molecule has 3 heteroatoms. The topological polar surface area (TPSA) is 27.3 Å². The lowest BCUT2D eigenvalue weighted by molar-refractivity contribution is 0.303. The zero-order valence-electron chi connectivity index (χ0n) is 18.7. The van der Waals surface area contributed by atoms with Gasteiger partial charge in [0.1, 0.15) is 5.82 Å². The fourth-order valence-electron chi connectivity index (χ4n) is 4.50. The van der Waals surface area contributed by atoms with E-state index in [1.165, 1.54) is 41.6 Å². The van der Waals surface area contributed by atoms with Crippen LogP contribution in [0.1, 0.15) is 28.7 Å². The van der Waals surface area contributed by atoms with Gasteiger partial charge in [-0.05, 0) is 92.2 Å². The van der Waals surface area contributed by atoms with Gasteiger partial charge >= 0.3 is 0 Å². The Bertz CT molecular complexity index is 1010. The minimum Gasteiger partial charge on any atom is -0.342 e. The largest absolute Gasteiger partial charge is 0.342 e. The Balaban J connectivity index is 1.32. The van der Waals surface area contributed by atoms with Crippen LogP contribution in [0.2, 0.25) is 0 Å². The van der Waals surface area contributed by atoms with E-state index in [-0.39, 0.29) is 0 Å². The van der Waals surface area contributed by atoms with Crippen LogP contribution in [0.3, 0.4) is 0 Å². The van der Waals surface area contributed by atoms with Crippen molar-refractivity contribution in [3.8, 4) is 0 Å². The Labute approximate surface area is 186 Å². The van der Waals surface area contributed by atoms with Crippen molar-refractivity contribution in [3.05, 3.63) is 107 Å². The van der Waals surface area contributed by atoms with E-state index >= 15 is 0 Å². The van der Waals surface area contributed by atoms with Crippen molar-refractivity contribution in [1.29, 1.82) is 0 Å². The van der Waals surface area contributed by atoms with Crippen molar-refractivity contribution < 1.29 is 0 Å². The van der Waals surface area contributed by atoms with Crippen molar-refractivity contribution >= 4 is 11.4 Å². The second-order valence-electron chi connectivity index (χ2n) is 8.94. The third-order valence-corrected chi connectivity index (χ3v) is 5.96. The molecular weight excluding hydrogens is 378 g/mol. The highest BCUT2D eigenvalue weighted by Gasteiger charge is 2.19. The molecule has 0 saturated heterocycles. The molecule has 0 aliphatic heterocycles. The molecule has 1 unspecified atom stereocenters. The zero-order valence-corrected chi connectivity index (χ0v) is 18.7. The van der Waals surface area contributed by atoms with E-state index in [1.807, 2.05) is 0 Å². The van der Waals surface area contributed by atoms with Crippen molar-refractivity contribution in [3.63, 3.8) is 0 Å². The van der Waals surface area contributed by atoms with Gasteiger partial charge < -0.3 is 15.5 Å². The Morgan fingerprint density at radius 2 is 1.55 bits per heavy atom. The van der Waals surface area contributed by atoms with Gasteiger partial charge in [0.05, 0.1) is 0 Å². The lowest BCUT2D eigenvalue weighted by Gasteiger charge is -2.27. The smallest absolute Gasteiger partial charge is 0.100 e. The number of hydrogen-bond donors (Lipinski definition) is 2. The summed E-state index contributed by atoms with van der Waals surface area (Å²) in [7, 11) is 4.33. The van der Waals surface area contributed by atoms with Gasteiger partial charge in [0.25, 0.3) is 0 Å². The molecule has 0 aromatic heterocycles. The Kier molecular flexibility index (Phi) is 6.73. The summed E-state index contributed by atoms with van der Waals surface area (Å²) in [4.78, 5) is 2.30. The van der Waals surface area contributed by atoms with Gasteiger partial charge in [0.2, 0.25) is 0 Å². The van der Waals surface area contributed by atoms with E-state index in [0.29, 0.717) is 0 Å². The fourth-order valence-corrected chi connectivity index (χ4v) is 4.50. The summed E-state index contributed by atoms with van der Waals surface area (Å²) in [6.07, 6.45) is 4.56. The molecule has 0 bridgehead atoms. The first-order valence-electron chi connectivity index (χ1n) is 11.2. The van der Waals surface area contributed by atoms with E-state index in [2.05, 4.69) is 109 Å². The highest BCUT2D eigenvalue weighted by Crippen LogP contribution is 2.28. The Morgan fingerprint density at radius 3 is 2.29 bits per heavy atom. The third kappa shape index (κ3) is 5.99. The second-order valence-corrected chi connectivity index (χ2v) is 8.94. The molecule has 1 aliphatic rings. The van der Waals surface area contributed by atoms with E-state index in [9.17, 15) is 0 Å². The van der Waals surface area contributed by atoms with Crippen molar-refractivity contribution in [1.82, 2.24) is 4.90 Å². The van der Waals surface area contributed by atoms with Gasteiger partial charge in [-0.25, -0.2) is 0 Å². The highest BCUT2D eigenvalue weighted by atomic mass is 15.1. The summed E-state index contributed by atoms with van der Waals surface area (Å²) in [6, 6.07) is 25.9. The second kappa shape index (κ2) is 9.84. The molecule has 1 aliphatic carbocycles. The summed E-state index contributed by atoms with van der Waals surface area (Å²) in [5, 5.41) is 6.80. The molecule has 0 radical (unpaired) electrons. The maximum atomic E-state index is 4.16. The summed E-state index contributed by atoms with van der Waals surface area (Å²) in [6.45, 7) is 5.34. The van der Waals surface area contributed by atoms with Crippen molar-refractivity contribution in [2.24, 2.45) is 5.92 Å². The van der Waals surface area contributed by atoms with Gasteiger partial charge in [0, 0.05) is 17.9 Å². The van der Waals surface area contributed by atoms with E-state index < -0.39 is 0 Å². The van der Waals surface area contributed by atoms with Crippen LogP contribution in [-0.2, 0) is 19.3 Å². The first-order valence-corrected chi connectivity index (χ1v) is 11.2. The number of benzene rings is 3. The molecule has 3 nitrogen and oxygen atoms in total. The lowest BCUT2D eigenvalue weighted by Crippen LogP contribution is -2.26. The first kappa shape index (κ1) is 21.2. The maximum Gasteiger partial charge on any atom is 0.100 e. The van der Waals surface area contributed by atoms with E-state index in [0.717, 1.165) is 36.0 Å². The molecule has 3 aromatic carbocycles. The van der Waals surface area contributed by atoms with Crippen LogP contribution in [0.25, 0.3) is 0 Å². The molecule has 0 fully saturated rings. The number of fused-ring (bicyclic) bond motifs is 1. The monoisotopic (exact) mass is 411 g/mol. The highest BCUT2D eigenvalue weighted by molar-refractivity contribution is 5.57. The van der Waals surface area contributed by atoms with Crippen LogP contribution >= 0.6 is 0 Å². The van der Waals surface area contributed by atoms with Crippen LogP contribution in [0.4, 0.5) is 11.4 Å². The molecular formula is C28H33N3. The van der Waals surface area contributed by atoms with E-state index in [4.69, 9.17) is 0 Å². The summed E-state index contributed by atoms with van der Waals surface area (Å²) in [5.41, 5.74) is 7.74.